The van der Waals surface area contributed by atoms with Gasteiger partial charge < -0.3 is 9.32 Å². The van der Waals surface area contributed by atoms with Crippen molar-refractivity contribution in [3.05, 3.63) is 76.5 Å². The number of fused-ring (bicyclic) bond motifs is 2. The van der Waals surface area contributed by atoms with Gasteiger partial charge in [-0.05, 0) is 56.2 Å². The van der Waals surface area contributed by atoms with Gasteiger partial charge in [0.05, 0.1) is 17.8 Å². The summed E-state index contributed by atoms with van der Waals surface area (Å²) in [4.78, 5) is 15.3. The van der Waals surface area contributed by atoms with Crippen LogP contribution in [0.1, 0.15) is 59.0 Å². The second kappa shape index (κ2) is 7.38. The van der Waals surface area contributed by atoms with Gasteiger partial charge in [0, 0.05) is 18.3 Å². The van der Waals surface area contributed by atoms with Crippen molar-refractivity contribution >= 4 is 17.5 Å². The lowest BCUT2D eigenvalue weighted by molar-refractivity contribution is 0.0537. The molecule has 150 valence electrons. The third-order valence-electron chi connectivity index (χ3n) is 6.31. The fourth-order valence-electron chi connectivity index (χ4n) is 4.91. The van der Waals surface area contributed by atoms with Crippen LogP contribution in [-0.2, 0) is 6.54 Å². The molecule has 29 heavy (non-hydrogen) atoms. The van der Waals surface area contributed by atoms with Gasteiger partial charge in [-0.3, -0.25) is 9.48 Å². The van der Waals surface area contributed by atoms with Crippen LogP contribution in [0.4, 0.5) is 0 Å². The maximum Gasteiger partial charge on any atom is 0.290 e. The third kappa shape index (κ3) is 3.60. The Morgan fingerprint density at radius 3 is 2.52 bits per heavy atom. The molecule has 2 aliphatic heterocycles. The highest BCUT2D eigenvalue weighted by atomic mass is 35.5. The molecular weight excluding hydrogens is 386 g/mol. The molecule has 1 amide bonds. The van der Waals surface area contributed by atoms with E-state index in [9.17, 15) is 4.79 Å². The van der Waals surface area contributed by atoms with E-state index < -0.39 is 0 Å². The molecule has 2 aromatic heterocycles. The van der Waals surface area contributed by atoms with E-state index >= 15 is 0 Å². The Hall–Kier alpha value is -2.53. The van der Waals surface area contributed by atoms with Crippen LogP contribution in [0, 0.1) is 6.92 Å². The number of rotatable bonds is 4. The summed E-state index contributed by atoms with van der Waals surface area (Å²) in [7, 11) is 0. The summed E-state index contributed by atoms with van der Waals surface area (Å²) in [6, 6.07) is 13.1. The number of amides is 1. The second-order valence-corrected chi connectivity index (χ2v) is 8.73. The molecule has 2 fully saturated rings. The first kappa shape index (κ1) is 18.5. The maximum absolute atomic E-state index is 13.2. The van der Waals surface area contributed by atoms with E-state index in [-0.39, 0.29) is 5.91 Å². The van der Waals surface area contributed by atoms with E-state index in [1.165, 1.54) is 11.1 Å². The number of carbonyl (C=O) groups excluding carboxylic acids is 1. The van der Waals surface area contributed by atoms with Crippen molar-refractivity contribution < 1.29 is 9.21 Å². The Bertz CT molecular complexity index is 1010. The van der Waals surface area contributed by atoms with Crippen molar-refractivity contribution in [1.29, 1.82) is 0 Å². The SMILES string of the molecule is Cc1ccc([C@H]2C[C@H]3CC[C@@H](C2)N3C(=O)c2ccc(Cn3cc(Cl)cn3)o2)cc1. The summed E-state index contributed by atoms with van der Waals surface area (Å²) in [5.41, 5.74) is 2.69. The Kier molecular flexibility index (Phi) is 4.70. The number of benzene rings is 1. The van der Waals surface area contributed by atoms with Crippen LogP contribution in [0.15, 0.2) is 53.2 Å². The van der Waals surface area contributed by atoms with Gasteiger partial charge in [0.1, 0.15) is 5.76 Å². The predicted octanol–water partition coefficient (Wildman–Crippen LogP) is 5.04. The largest absolute Gasteiger partial charge is 0.454 e. The molecule has 0 N–H and O–H groups in total. The number of halogens is 1. The lowest BCUT2D eigenvalue weighted by Crippen LogP contribution is -2.45. The molecule has 2 saturated heterocycles. The number of piperidine rings is 1. The minimum Gasteiger partial charge on any atom is -0.454 e. The lowest BCUT2D eigenvalue weighted by atomic mass is 9.84. The van der Waals surface area contributed by atoms with Crippen LogP contribution < -0.4 is 0 Å². The van der Waals surface area contributed by atoms with Gasteiger partial charge in [-0.25, -0.2) is 0 Å². The van der Waals surface area contributed by atoms with Gasteiger partial charge in [0.15, 0.2) is 5.76 Å². The van der Waals surface area contributed by atoms with Gasteiger partial charge in [0.25, 0.3) is 5.91 Å². The van der Waals surface area contributed by atoms with Crippen molar-refractivity contribution in [2.24, 2.45) is 0 Å². The average Bonchev–Trinajstić information content (AvgIpc) is 3.41. The fourth-order valence-corrected chi connectivity index (χ4v) is 5.07. The van der Waals surface area contributed by atoms with Gasteiger partial charge in [0.2, 0.25) is 0 Å². The molecular formula is C23H24ClN3O2. The van der Waals surface area contributed by atoms with Crippen LogP contribution in [-0.4, -0.2) is 32.7 Å². The van der Waals surface area contributed by atoms with Gasteiger partial charge in [-0.1, -0.05) is 41.4 Å². The zero-order valence-corrected chi connectivity index (χ0v) is 17.2. The molecule has 3 atom stereocenters. The second-order valence-electron chi connectivity index (χ2n) is 8.30. The molecule has 0 aliphatic carbocycles. The summed E-state index contributed by atoms with van der Waals surface area (Å²) >= 11 is 5.91. The van der Waals surface area contributed by atoms with E-state index in [1.807, 2.05) is 6.07 Å². The van der Waals surface area contributed by atoms with Crippen LogP contribution in [0.2, 0.25) is 5.02 Å². The highest BCUT2D eigenvalue weighted by molar-refractivity contribution is 6.30. The van der Waals surface area contributed by atoms with E-state index in [2.05, 4.69) is 41.2 Å². The molecule has 2 aliphatic rings. The number of aromatic nitrogens is 2. The van der Waals surface area contributed by atoms with Crippen molar-refractivity contribution in [2.45, 2.75) is 57.2 Å². The maximum atomic E-state index is 13.2. The zero-order valence-electron chi connectivity index (χ0n) is 16.4. The molecule has 5 nitrogen and oxygen atoms in total. The summed E-state index contributed by atoms with van der Waals surface area (Å²) < 4.78 is 7.57. The van der Waals surface area contributed by atoms with Crippen LogP contribution >= 0.6 is 11.6 Å². The smallest absolute Gasteiger partial charge is 0.290 e. The minimum absolute atomic E-state index is 0.0182. The Morgan fingerprint density at radius 1 is 1.14 bits per heavy atom. The average molecular weight is 410 g/mol. The molecule has 6 heteroatoms. The summed E-state index contributed by atoms with van der Waals surface area (Å²) in [5.74, 6) is 1.68. The number of hydrogen-bond donors (Lipinski definition) is 0. The number of aryl methyl sites for hydroxylation is 1. The molecule has 2 bridgehead atoms. The Morgan fingerprint density at radius 2 is 1.86 bits per heavy atom. The first-order chi connectivity index (χ1) is 14.1. The Balaban J connectivity index is 1.29. The number of nitrogens with zero attached hydrogens (tertiary/aromatic N) is 3. The van der Waals surface area contributed by atoms with E-state index in [0.29, 0.717) is 41.1 Å². The molecule has 5 rings (SSSR count). The zero-order chi connectivity index (χ0) is 20.0. The van der Waals surface area contributed by atoms with Crippen molar-refractivity contribution in [1.82, 2.24) is 14.7 Å². The Labute approximate surface area is 175 Å². The molecule has 4 heterocycles. The fraction of sp³-hybridized carbons (Fsp3) is 0.391. The number of carbonyl (C=O) groups is 1. The molecule has 0 radical (unpaired) electrons. The molecule has 0 saturated carbocycles. The highest BCUT2D eigenvalue weighted by Gasteiger charge is 2.44. The van der Waals surface area contributed by atoms with Crippen molar-refractivity contribution in [3.8, 4) is 0 Å². The highest BCUT2D eigenvalue weighted by Crippen LogP contribution is 2.43. The standard InChI is InChI=1S/C23H24ClN3O2/c1-15-2-4-16(5-3-15)17-10-19-6-7-20(11-17)27(19)23(28)22-9-8-21(29-22)14-26-13-18(24)12-25-26/h2-5,8-9,12-13,17,19-20H,6-7,10-11,14H2,1H3/t17-,19+,20-. The first-order valence-corrected chi connectivity index (χ1v) is 10.6. The van der Waals surface area contributed by atoms with Gasteiger partial charge in [-0.2, -0.15) is 5.10 Å². The summed E-state index contributed by atoms with van der Waals surface area (Å²) in [6.07, 6.45) is 7.56. The van der Waals surface area contributed by atoms with Gasteiger partial charge in [-0.15, -0.1) is 0 Å². The minimum atomic E-state index is 0.0182. The first-order valence-electron chi connectivity index (χ1n) is 10.2. The molecule has 1 aromatic carbocycles. The van der Waals surface area contributed by atoms with E-state index in [4.69, 9.17) is 16.0 Å². The van der Waals surface area contributed by atoms with Crippen LogP contribution in [0.25, 0.3) is 0 Å². The topological polar surface area (TPSA) is 51.3 Å². The monoisotopic (exact) mass is 409 g/mol. The third-order valence-corrected chi connectivity index (χ3v) is 6.50. The van der Waals surface area contributed by atoms with Crippen LogP contribution in [0.5, 0.6) is 0 Å². The normalized spacial score (nSPS) is 23.5. The van der Waals surface area contributed by atoms with Crippen molar-refractivity contribution in [3.63, 3.8) is 0 Å². The summed E-state index contributed by atoms with van der Waals surface area (Å²) in [5, 5.41) is 4.75. The van der Waals surface area contributed by atoms with Crippen molar-refractivity contribution in [2.75, 3.05) is 0 Å². The quantitative estimate of drug-likeness (QED) is 0.606. The lowest BCUT2D eigenvalue weighted by Gasteiger charge is -2.38. The molecule has 3 aromatic rings. The molecule has 0 unspecified atom stereocenters. The number of furan rings is 1. The van der Waals surface area contributed by atoms with E-state index in [0.717, 1.165) is 25.7 Å². The van der Waals surface area contributed by atoms with E-state index in [1.54, 1.807) is 23.1 Å². The summed E-state index contributed by atoms with van der Waals surface area (Å²) in [6.45, 7) is 2.58. The van der Waals surface area contributed by atoms with Gasteiger partial charge >= 0.3 is 0 Å². The van der Waals surface area contributed by atoms with Crippen LogP contribution in [0.3, 0.4) is 0 Å². The molecule has 0 spiro atoms. The number of hydrogen-bond acceptors (Lipinski definition) is 3. The predicted molar refractivity (Wildman–Crippen MR) is 111 cm³/mol.